The van der Waals surface area contributed by atoms with Gasteiger partial charge in [-0.3, -0.25) is 4.79 Å². The van der Waals surface area contributed by atoms with Gasteiger partial charge in [0.15, 0.2) is 6.61 Å². The molecule has 7 heteroatoms. The highest BCUT2D eigenvalue weighted by atomic mass is 16.6. The SMILES string of the molecule is CCOc1ccc(Oc2c(C)oc3cc(OCC(=O)O[C@@H]4CC[C@@]5(C)C(=CC[C@@H]6[C@H]7CC[C@H]([C@H](C)CCCC(C)C)[C@@]7(C)CC[C@H]65)C4)ccc3c2=O)cc1. The summed E-state index contributed by atoms with van der Waals surface area (Å²) in [7, 11) is 0. The van der Waals surface area contributed by atoms with E-state index >= 15 is 0 Å². The highest BCUT2D eigenvalue weighted by molar-refractivity contribution is 5.80. The topological polar surface area (TPSA) is 84.2 Å². The zero-order valence-electron chi connectivity index (χ0n) is 33.7. The number of aryl methyl sites for hydroxylation is 1. The minimum absolute atomic E-state index is 0.126. The Bertz CT molecular complexity index is 1890. The van der Waals surface area contributed by atoms with E-state index in [1.165, 1.54) is 56.9 Å². The van der Waals surface area contributed by atoms with Crippen LogP contribution in [0.2, 0.25) is 0 Å². The smallest absolute Gasteiger partial charge is 0.344 e. The molecule has 7 rings (SSSR count). The highest BCUT2D eigenvalue weighted by Gasteiger charge is 2.59. The number of hydrogen-bond acceptors (Lipinski definition) is 7. The predicted octanol–water partition coefficient (Wildman–Crippen LogP) is 11.6. The molecule has 0 amide bonds. The summed E-state index contributed by atoms with van der Waals surface area (Å²) < 4.78 is 29.3. The van der Waals surface area contributed by atoms with Crippen molar-refractivity contribution in [2.24, 2.45) is 46.3 Å². The summed E-state index contributed by atoms with van der Waals surface area (Å²) in [4.78, 5) is 26.4. The molecule has 4 aliphatic carbocycles. The van der Waals surface area contributed by atoms with Crippen molar-refractivity contribution >= 4 is 16.9 Å². The fourth-order valence-electron chi connectivity index (χ4n) is 11.5. The molecule has 0 N–H and O–H groups in total. The van der Waals surface area contributed by atoms with Gasteiger partial charge in [0.1, 0.15) is 34.7 Å². The van der Waals surface area contributed by atoms with Crippen LogP contribution < -0.4 is 19.6 Å². The Morgan fingerprint density at radius 3 is 2.43 bits per heavy atom. The van der Waals surface area contributed by atoms with Gasteiger partial charge in [0.25, 0.3) is 0 Å². The molecule has 0 saturated heterocycles. The average Bonchev–Trinajstić information content (AvgIpc) is 3.50. The van der Waals surface area contributed by atoms with Crippen LogP contribution in [0.25, 0.3) is 11.0 Å². The normalized spacial score (nSPS) is 29.5. The fourth-order valence-corrected chi connectivity index (χ4v) is 11.5. The minimum Gasteiger partial charge on any atom is -0.494 e. The van der Waals surface area contributed by atoms with Crippen molar-refractivity contribution in [2.45, 2.75) is 125 Å². The Labute approximate surface area is 322 Å². The number of esters is 1. The van der Waals surface area contributed by atoms with Crippen LogP contribution in [-0.4, -0.2) is 25.3 Å². The van der Waals surface area contributed by atoms with E-state index in [1.807, 2.05) is 6.92 Å². The molecule has 3 fully saturated rings. The number of carbonyl (C=O) groups is 1. The van der Waals surface area contributed by atoms with Crippen molar-refractivity contribution < 1.29 is 28.2 Å². The monoisotopic (exact) mass is 738 g/mol. The first kappa shape index (κ1) is 38.5. The number of fused-ring (bicyclic) bond motifs is 6. The van der Waals surface area contributed by atoms with E-state index in [-0.39, 0.29) is 35.3 Å². The second kappa shape index (κ2) is 15.8. The lowest BCUT2D eigenvalue weighted by Gasteiger charge is -2.58. The number of rotatable bonds is 13. The lowest BCUT2D eigenvalue weighted by atomic mass is 9.47. The van der Waals surface area contributed by atoms with E-state index in [0.717, 1.165) is 60.5 Å². The maximum Gasteiger partial charge on any atom is 0.344 e. The molecule has 3 aromatic rings. The second-order valence-corrected chi connectivity index (χ2v) is 17.9. The quantitative estimate of drug-likeness (QED) is 0.127. The third-order valence-electron chi connectivity index (χ3n) is 14.3. The molecular weight excluding hydrogens is 677 g/mol. The van der Waals surface area contributed by atoms with Gasteiger partial charge in [0.2, 0.25) is 11.2 Å². The van der Waals surface area contributed by atoms with E-state index in [1.54, 1.807) is 49.4 Å². The van der Waals surface area contributed by atoms with Crippen LogP contribution in [0.3, 0.4) is 0 Å². The molecular formula is C47H62O7. The molecule has 0 unspecified atom stereocenters. The third-order valence-corrected chi connectivity index (χ3v) is 14.3. The van der Waals surface area contributed by atoms with Crippen LogP contribution in [0.4, 0.5) is 0 Å². The first-order valence-electron chi connectivity index (χ1n) is 20.9. The number of allylic oxidation sites excluding steroid dienone is 1. The summed E-state index contributed by atoms with van der Waals surface area (Å²) in [5.74, 6) is 6.62. The molecule has 0 spiro atoms. The Kier molecular flexibility index (Phi) is 11.3. The zero-order chi connectivity index (χ0) is 38.2. The Morgan fingerprint density at radius 1 is 0.907 bits per heavy atom. The highest BCUT2D eigenvalue weighted by Crippen LogP contribution is 2.67. The lowest BCUT2D eigenvalue weighted by Crippen LogP contribution is -2.51. The summed E-state index contributed by atoms with van der Waals surface area (Å²) in [6.07, 6.45) is 16.0. The number of ether oxygens (including phenoxy) is 4. The van der Waals surface area contributed by atoms with Crippen LogP contribution in [0, 0.1) is 53.3 Å². The summed E-state index contributed by atoms with van der Waals surface area (Å²) in [6, 6.07) is 12.1. The van der Waals surface area contributed by atoms with Crippen molar-refractivity contribution in [1.82, 2.24) is 0 Å². The first-order chi connectivity index (χ1) is 25.9. The third kappa shape index (κ3) is 7.58. The van der Waals surface area contributed by atoms with Crippen molar-refractivity contribution in [3.05, 3.63) is 70.1 Å². The summed E-state index contributed by atoms with van der Waals surface area (Å²) in [5, 5.41) is 0.367. The van der Waals surface area contributed by atoms with Crippen molar-refractivity contribution in [1.29, 1.82) is 0 Å². The number of hydrogen-bond donors (Lipinski definition) is 0. The molecule has 1 aromatic heterocycles. The second-order valence-electron chi connectivity index (χ2n) is 17.9. The first-order valence-corrected chi connectivity index (χ1v) is 20.9. The van der Waals surface area contributed by atoms with E-state index in [4.69, 9.17) is 23.4 Å². The summed E-state index contributed by atoms with van der Waals surface area (Å²) in [6.45, 7) is 16.4. The fraction of sp³-hybridized carbons (Fsp3) is 0.617. The largest absolute Gasteiger partial charge is 0.494 e. The van der Waals surface area contributed by atoms with Gasteiger partial charge in [0.05, 0.1) is 12.0 Å². The molecule has 2 aromatic carbocycles. The number of benzene rings is 2. The number of carbonyl (C=O) groups excluding carboxylic acids is 1. The summed E-state index contributed by atoms with van der Waals surface area (Å²) >= 11 is 0. The van der Waals surface area contributed by atoms with Gasteiger partial charge >= 0.3 is 5.97 Å². The molecule has 7 nitrogen and oxygen atoms in total. The van der Waals surface area contributed by atoms with Crippen LogP contribution in [0.15, 0.2) is 63.3 Å². The minimum atomic E-state index is -0.373. The van der Waals surface area contributed by atoms with Crippen LogP contribution >= 0.6 is 0 Å². The maximum atomic E-state index is 13.3. The molecule has 54 heavy (non-hydrogen) atoms. The van der Waals surface area contributed by atoms with Crippen LogP contribution in [0.1, 0.15) is 118 Å². The van der Waals surface area contributed by atoms with Gasteiger partial charge in [0, 0.05) is 12.5 Å². The molecule has 3 saturated carbocycles. The molecule has 0 bridgehead atoms. The molecule has 292 valence electrons. The van der Waals surface area contributed by atoms with Gasteiger partial charge in [-0.05, 0) is 142 Å². The molecule has 4 aliphatic rings. The van der Waals surface area contributed by atoms with Gasteiger partial charge < -0.3 is 23.4 Å². The van der Waals surface area contributed by atoms with Gasteiger partial charge in [-0.1, -0.05) is 65.5 Å². The van der Waals surface area contributed by atoms with E-state index in [9.17, 15) is 9.59 Å². The molecule has 0 radical (unpaired) electrons. The average molecular weight is 739 g/mol. The molecule has 1 heterocycles. The molecule has 0 aliphatic heterocycles. The van der Waals surface area contributed by atoms with E-state index in [0.29, 0.717) is 40.3 Å². The standard InChI is InChI=1S/C47H62O7/c1-8-50-33-13-15-34(16-14-33)54-45-31(5)52-42-27-35(17-19-38(42)44(45)49)51-28-43(48)53-36-22-24-46(6)32(26-36)12-18-37-40-21-20-39(30(4)11-9-10-29(2)3)47(40,7)25-23-41(37)46/h12-17,19,27,29-30,36-37,39-41H,8-11,18,20-26,28H2,1-7H3/t30-,36-,37-,39-,40-,41-,46+,47-/m1/s1. The Hall–Kier alpha value is -3.74. The van der Waals surface area contributed by atoms with Gasteiger partial charge in [-0.15, -0.1) is 0 Å². The van der Waals surface area contributed by atoms with Crippen molar-refractivity contribution in [3.63, 3.8) is 0 Å². The zero-order valence-corrected chi connectivity index (χ0v) is 33.7. The lowest BCUT2D eigenvalue weighted by molar-refractivity contribution is -0.153. The summed E-state index contributed by atoms with van der Waals surface area (Å²) in [5.41, 5.74) is 2.29. The van der Waals surface area contributed by atoms with Gasteiger partial charge in [-0.2, -0.15) is 0 Å². The predicted molar refractivity (Wildman–Crippen MR) is 213 cm³/mol. The van der Waals surface area contributed by atoms with Crippen molar-refractivity contribution in [3.8, 4) is 23.0 Å². The van der Waals surface area contributed by atoms with Crippen LogP contribution in [-0.2, 0) is 9.53 Å². The van der Waals surface area contributed by atoms with Gasteiger partial charge in [-0.25, -0.2) is 4.79 Å². The van der Waals surface area contributed by atoms with Crippen molar-refractivity contribution in [2.75, 3.05) is 13.2 Å². The van der Waals surface area contributed by atoms with E-state index < -0.39 is 0 Å². The maximum absolute atomic E-state index is 13.3. The molecule has 8 atom stereocenters. The Morgan fingerprint density at radius 2 is 1.67 bits per heavy atom. The Balaban J connectivity index is 0.936. The van der Waals surface area contributed by atoms with E-state index in [2.05, 4.69) is 40.7 Å². The van der Waals surface area contributed by atoms with Crippen LogP contribution in [0.5, 0.6) is 23.0 Å².